The van der Waals surface area contributed by atoms with Gasteiger partial charge in [0.15, 0.2) is 11.5 Å². The molecular weight excluding hydrogens is 356 g/mol. The van der Waals surface area contributed by atoms with E-state index in [1.54, 1.807) is 6.07 Å². The average molecular weight is 381 g/mol. The van der Waals surface area contributed by atoms with Gasteiger partial charge in [0.05, 0.1) is 10.9 Å². The van der Waals surface area contributed by atoms with Crippen LogP contribution in [0.25, 0.3) is 0 Å². The lowest BCUT2D eigenvalue weighted by molar-refractivity contribution is -0.130. The van der Waals surface area contributed by atoms with Crippen LogP contribution in [-0.4, -0.2) is 42.5 Å². The Labute approximate surface area is 158 Å². The number of halogens is 1. The number of likely N-dealkylation sites (tertiary alicyclic amines) is 1. The van der Waals surface area contributed by atoms with Crippen molar-refractivity contribution in [2.24, 2.45) is 5.92 Å². The summed E-state index contributed by atoms with van der Waals surface area (Å²) in [7, 11) is 0. The standard InChI is InChI=1S/C19H25ClN2O4/c1-3-14(4-2)22-11-13(9-17(22)23)19(24)21-10-12-7-15(20)18-16(8-12)25-5-6-26-18/h7-8,13-14H,3-6,9-11H2,1-2H3,(H,21,24). The van der Waals surface area contributed by atoms with Gasteiger partial charge in [-0.25, -0.2) is 0 Å². The Morgan fingerprint density at radius 2 is 2.04 bits per heavy atom. The Morgan fingerprint density at radius 3 is 2.77 bits per heavy atom. The van der Waals surface area contributed by atoms with Gasteiger partial charge in [0.2, 0.25) is 11.8 Å². The molecule has 142 valence electrons. The highest BCUT2D eigenvalue weighted by atomic mass is 35.5. The molecule has 1 unspecified atom stereocenters. The van der Waals surface area contributed by atoms with Crippen LogP contribution in [0.2, 0.25) is 5.02 Å². The minimum Gasteiger partial charge on any atom is -0.486 e. The predicted molar refractivity (Wildman–Crippen MR) is 98.5 cm³/mol. The first-order chi connectivity index (χ1) is 12.5. The normalized spacial score (nSPS) is 19.2. The van der Waals surface area contributed by atoms with E-state index in [1.165, 1.54) is 0 Å². The molecule has 0 spiro atoms. The van der Waals surface area contributed by atoms with Crippen molar-refractivity contribution >= 4 is 23.4 Å². The van der Waals surface area contributed by atoms with E-state index < -0.39 is 0 Å². The first-order valence-corrected chi connectivity index (χ1v) is 9.56. The molecule has 0 aliphatic carbocycles. The van der Waals surface area contributed by atoms with Crippen LogP contribution < -0.4 is 14.8 Å². The number of carbonyl (C=O) groups excluding carboxylic acids is 2. The van der Waals surface area contributed by atoms with E-state index >= 15 is 0 Å². The number of nitrogens with one attached hydrogen (secondary N) is 1. The Bertz CT molecular complexity index is 690. The van der Waals surface area contributed by atoms with Crippen molar-refractivity contribution in [1.29, 1.82) is 0 Å². The third-order valence-electron chi connectivity index (χ3n) is 5.04. The number of hydrogen-bond donors (Lipinski definition) is 1. The molecule has 1 atom stereocenters. The van der Waals surface area contributed by atoms with E-state index in [2.05, 4.69) is 19.2 Å². The summed E-state index contributed by atoms with van der Waals surface area (Å²) in [4.78, 5) is 26.6. The Hall–Kier alpha value is -1.95. The lowest BCUT2D eigenvalue weighted by atomic mass is 10.1. The van der Waals surface area contributed by atoms with Gasteiger partial charge in [-0.2, -0.15) is 0 Å². The molecule has 1 fully saturated rings. The number of rotatable bonds is 6. The molecule has 2 aliphatic rings. The number of fused-ring (bicyclic) bond motifs is 1. The molecule has 7 heteroatoms. The van der Waals surface area contributed by atoms with Crippen LogP contribution in [0.1, 0.15) is 38.7 Å². The second-order valence-electron chi connectivity index (χ2n) is 6.74. The van der Waals surface area contributed by atoms with Crippen LogP contribution in [0.15, 0.2) is 12.1 Å². The highest BCUT2D eigenvalue weighted by molar-refractivity contribution is 6.32. The number of nitrogens with zero attached hydrogens (tertiary/aromatic N) is 1. The zero-order valence-electron chi connectivity index (χ0n) is 15.2. The van der Waals surface area contributed by atoms with E-state index in [9.17, 15) is 9.59 Å². The van der Waals surface area contributed by atoms with Gasteiger partial charge >= 0.3 is 0 Å². The quantitative estimate of drug-likeness (QED) is 0.824. The first-order valence-electron chi connectivity index (χ1n) is 9.18. The number of ether oxygens (including phenoxy) is 2. The van der Waals surface area contributed by atoms with Crippen LogP contribution in [-0.2, 0) is 16.1 Å². The van der Waals surface area contributed by atoms with E-state index in [0.29, 0.717) is 42.8 Å². The van der Waals surface area contributed by atoms with E-state index in [1.807, 2.05) is 11.0 Å². The third kappa shape index (κ3) is 3.90. The minimum absolute atomic E-state index is 0.0706. The third-order valence-corrected chi connectivity index (χ3v) is 5.32. The van der Waals surface area contributed by atoms with Crippen molar-refractivity contribution in [2.45, 2.75) is 45.7 Å². The molecule has 2 amide bonds. The molecule has 26 heavy (non-hydrogen) atoms. The van der Waals surface area contributed by atoms with Gasteiger partial charge in [-0.3, -0.25) is 9.59 Å². The molecule has 6 nitrogen and oxygen atoms in total. The van der Waals surface area contributed by atoms with Crippen LogP contribution in [0.4, 0.5) is 0 Å². The molecule has 2 heterocycles. The van der Waals surface area contributed by atoms with Crippen LogP contribution in [0.3, 0.4) is 0 Å². The highest BCUT2D eigenvalue weighted by Crippen LogP contribution is 2.38. The molecule has 1 saturated heterocycles. The molecule has 1 aromatic rings. The maximum atomic E-state index is 12.5. The van der Waals surface area contributed by atoms with Crippen molar-refractivity contribution < 1.29 is 19.1 Å². The van der Waals surface area contributed by atoms with Gasteiger partial charge in [0.25, 0.3) is 0 Å². The molecule has 1 N–H and O–H groups in total. The van der Waals surface area contributed by atoms with Crippen LogP contribution >= 0.6 is 11.6 Å². The number of amides is 2. The average Bonchev–Trinajstić information content (AvgIpc) is 3.03. The van der Waals surface area contributed by atoms with Crippen molar-refractivity contribution in [1.82, 2.24) is 10.2 Å². The second kappa shape index (κ2) is 8.16. The summed E-state index contributed by atoms with van der Waals surface area (Å²) in [6, 6.07) is 3.82. The van der Waals surface area contributed by atoms with E-state index in [4.69, 9.17) is 21.1 Å². The van der Waals surface area contributed by atoms with Crippen molar-refractivity contribution in [3.05, 3.63) is 22.7 Å². The fraction of sp³-hybridized carbons (Fsp3) is 0.579. The van der Waals surface area contributed by atoms with Gasteiger partial charge in [0, 0.05) is 25.6 Å². The zero-order chi connectivity index (χ0) is 18.7. The van der Waals surface area contributed by atoms with Gasteiger partial charge < -0.3 is 19.7 Å². The first kappa shape index (κ1) is 18.8. The Kier molecular flexibility index (Phi) is 5.91. The molecule has 1 aromatic carbocycles. The number of hydrogen-bond acceptors (Lipinski definition) is 4. The van der Waals surface area contributed by atoms with Gasteiger partial charge in [-0.1, -0.05) is 25.4 Å². The Balaban J connectivity index is 1.59. The van der Waals surface area contributed by atoms with Crippen LogP contribution in [0.5, 0.6) is 11.5 Å². The summed E-state index contributed by atoms with van der Waals surface area (Å²) < 4.78 is 11.1. The summed E-state index contributed by atoms with van der Waals surface area (Å²) >= 11 is 6.23. The molecule has 0 radical (unpaired) electrons. The molecule has 3 rings (SSSR count). The van der Waals surface area contributed by atoms with Gasteiger partial charge in [0.1, 0.15) is 13.2 Å². The molecule has 0 saturated carbocycles. The maximum absolute atomic E-state index is 12.5. The van der Waals surface area contributed by atoms with Crippen molar-refractivity contribution in [2.75, 3.05) is 19.8 Å². The van der Waals surface area contributed by atoms with E-state index in [0.717, 1.165) is 18.4 Å². The lowest BCUT2D eigenvalue weighted by Crippen LogP contribution is -2.37. The van der Waals surface area contributed by atoms with Gasteiger partial charge in [-0.15, -0.1) is 0 Å². The Morgan fingerprint density at radius 1 is 1.31 bits per heavy atom. The van der Waals surface area contributed by atoms with Gasteiger partial charge in [-0.05, 0) is 30.5 Å². The van der Waals surface area contributed by atoms with Crippen molar-refractivity contribution in [3.63, 3.8) is 0 Å². The molecule has 0 bridgehead atoms. The highest BCUT2D eigenvalue weighted by Gasteiger charge is 2.36. The molecular formula is C19H25ClN2O4. The summed E-state index contributed by atoms with van der Waals surface area (Å²) in [6.07, 6.45) is 2.10. The smallest absolute Gasteiger partial charge is 0.225 e. The summed E-state index contributed by atoms with van der Waals surface area (Å²) in [5, 5.41) is 3.39. The number of benzene rings is 1. The topological polar surface area (TPSA) is 67.9 Å². The molecule has 2 aliphatic heterocycles. The predicted octanol–water partition coefficient (Wildman–Crippen LogP) is 2.76. The zero-order valence-corrected chi connectivity index (χ0v) is 16.0. The van der Waals surface area contributed by atoms with Crippen molar-refractivity contribution in [3.8, 4) is 11.5 Å². The summed E-state index contributed by atoms with van der Waals surface area (Å²) in [5.41, 5.74) is 0.841. The maximum Gasteiger partial charge on any atom is 0.225 e. The fourth-order valence-corrected chi connectivity index (χ4v) is 3.88. The monoisotopic (exact) mass is 380 g/mol. The molecule has 0 aromatic heterocycles. The number of carbonyl (C=O) groups is 2. The van der Waals surface area contributed by atoms with Crippen LogP contribution in [0, 0.1) is 5.92 Å². The largest absolute Gasteiger partial charge is 0.486 e. The summed E-state index contributed by atoms with van der Waals surface area (Å²) in [6.45, 7) is 5.94. The fourth-order valence-electron chi connectivity index (χ4n) is 3.59. The second-order valence-corrected chi connectivity index (χ2v) is 7.14. The van der Waals surface area contributed by atoms with E-state index in [-0.39, 0.29) is 30.2 Å². The minimum atomic E-state index is -0.296. The SMILES string of the molecule is CCC(CC)N1CC(C(=O)NCc2cc(Cl)c3c(c2)OCCO3)CC1=O. The lowest BCUT2D eigenvalue weighted by Gasteiger charge is -2.26. The summed E-state index contributed by atoms with van der Waals surface area (Å²) in [5.74, 6) is 0.828.